The van der Waals surface area contributed by atoms with Crippen molar-refractivity contribution in [2.75, 3.05) is 7.11 Å². The summed E-state index contributed by atoms with van der Waals surface area (Å²) in [7, 11) is 1.37. The van der Waals surface area contributed by atoms with Crippen LogP contribution in [-0.2, 0) is 20.7 Å². The molecular formula is C28H28Cl2N2O6. The summed E-state index contributed by atoms with van der Waals surface area (Å²) >= 11 is 12.3. The molecule has 0 spiro atoms. The van der Waals surface area contributed by atoms with E-state index in [1.807, 2.05) is 36.4 Å². The number of aromatic nitrogens is 1. The monoisotopic (exact) mass is 558 g/mol. The van der Waals surface area contributed by atoms with Gasteiger partial charge in [0.15, 0.2) is 11.4 Å². The molecule has 10 heteroatoms. The lowest BCUT2D eigenvalue weighted by Gasteiger charge is -2.26. The van der Waals surface area contributed by atoms with Crippen LogP contribution in [-0.4, -0.2) is 42.1 Å². The van der Waals surface area contributed by atoms with Crippen molar-refractivity contribution >= 4 is 41.0 Å². The number of rotatable bonds is 10. The highest BCUT2D eigenvalue weighted by Crippen LogP contribution is 2.31. The third-order valence-electron chi connectivity index (χ3n) is 5.79. The number of hydrogen-bond donors (Lipinski definition) is 1. The van der Waals surface area contributed by atoms with E-state index >= 15 is 0 Å². The molecule has 3 atom stereocenters. The maximum Gasteiger partial charge on any atom is 0.328 e. The molecule has 2 aromatic carbocycles. The Morgan fingerprint density at radius 3 is 2.34 bits per heavy atom. The van der Waals surface area contributed by atoms with Gasteiger partial charge < -0.3 is 19.5 Å². The fraction of sp³-hybridized carbons (Fsp3) is 0.286. The standard InChI is InChI=1S/C28H28Cl2N2O6/c1-16(32-27(34)25-26(38-18(3)33)24(36-4)12-13-31-25)28(35)37-17(2)21(20-8-6-5-7-9-20)14-19-10-11-22(29)23(30)15-19/h5-13,15-17,21H,14H2,1-4H3,(H,32,34)/t16-,17-,21-/m0/s1. The van der Waals surface area contributed by atoms with Crippen molar-refractivity contribution in [1.29, 1.82) is 0 Å². The van der Waals surface area contributed by atoms with Crippen LogP contribution in [0.3, 0.4) is 0 Å². The van der Waals surface area contributed by atoms with Gasteiger partial charge in [-0.15, -0.1) is 0 Å². The SMILES string of the molecule is COc1ccnc(C(=O)N[C@@H](C)C(=O)O[C@@H](C)[C@H](Cc2ccc(Cl)c(Cl)c2)c2ccccc2)c1OC(C)=O. The van der Waals surface area contributed by atoms with Crippen LogP contribution in [0.25, 0.3) is 0 Å². The van der Waals surface area contributed by atoms with Crippen LogP contribution >= 0.6 is 23.2 Å². The van der Waals surface area contributed by atoms with Crippen molar-refractivity contribution < 1.29 is 28.6 Å². The fourth-order valence-corrected chi connectivity index (χ4v) is 4.18. The van der Waals surface area contributed by atoms with Crippen LogP contribution in [0.1, 0.15) is 48.3 Å². The van der Waals surface area contributed by atoms with Gasteiger partial charge in [-0.25, -0.2) is 9.78 Å². The fourth-order valence-electron chi connectivity index (χ4n) is 3.86. The molecule has 0 fully saturated rings. The second kappa shape index (κ2) is 13.3. The Bertz CT molecular complexity index is 1300. The zero-order valence-electron chi connectivity index (χ0n) is 21.4. The smallest absolute Gasteiger partial charge is 0.328 e. The van der Waals surface area contributed by atoms with E-state index in [0.29, 0.717) is 16.5 Å². The number of benzene rings is 2. The Morgan fingerprint density at radius 2 is 1.71 bits per heavy atom. The van der Waals surface area contributed by atoms with Crippen LogP contribution in [0.5, 0.6) is 11.5 Å². The number of methoxy groups -OCH3 is 1. The summed E-state index contributed by atoms with van der Waals surface area (Å²) in [6.07, 6.45) is 1.32. The Kier molecular flexibility index (Phi) is 10.1. The van der Waals surface area contributed by atoms with E-state index in [9.17, 15) is 14.4 Å². The molecule has 3 rings (SSSR count). The maximum atomic E-state index is 13.0. The lowest BCUT2D eigenvalue weighted by Crippen LogP contribution is -2.41. The number of esters is 2. The van der Waals surface area contributed by atoms with E-state index in [-0.39, 0.29) is 23.1 Å². The van der Waals surface area contributed by atoms with E-state index in [4.69, 9.17) is 37.4 Å². The molecule has 0 radical (unpaired) electrons. The van der Waals surface area contributed by atoms with Crippen LogP contribution in [0.15, 0.2) is 60.8 Å². The molecule has 8 nitrogen and oxygen atoms in total. The Hall–Kier alpha value is -3.62. The lowest BCUT2D eigenvalue weighted by molar-refractivity contribution is -0.151. The number of nitrogens with one attached hydrogen (secondary N) is 1. The first-order valence-electron chi connectivity index (χ1n) is 11.8. The van der Waals surface area contributed by atoms with E-state index < -0.39 is 30.0 Å². The topological polar surface area (TPSA) is 104 Å². The molecule has 0 saturated carbocycles. The third-order valence-corrected chi connectivity index (χ3v) is 6.53. The van der Waals surface area contributed by atoms with Crippen molar-refractivity contribution in [3.63, 3.8) is 0 Å². The average molecular weight is 559 g/mol. The summed E-state index contributed by atoms with van der Waals surface area (Å²) in [5.74, 6) is -2.21. The molecule has 0 aliphatic heterocycles. The first-order valence-corrected chi connectivity index (χ1v) is 12.6. The summed E-state index contributed by atoms with van der Waals surface area (Å²) in [5, 5.41) is 3.45. The first-order chi connectivity index (χ1) is 18.1. The quantitative estimate of drug-likeness (QED) is 0.332. The number of carbonyl (C=O) groups is 3. The predicted molar refractivity (Wildman–Crippen MR) is 144 cm³/mol. The van der Waals surface area contributed by atoms with Gasteiger partial charge in [0.1, 0.15) is 12.1 Å². The first kappa shape index (κ1) is 28.9. The highest BCUT2D eigenvalue weighted by molar-refractivity contribution is 6.42. The third kappa shape index (κ3) is 7.46. The van der Waals surface area contributed by atoms with Gasteiger partial charge in [0.05, 0.1) is 17.2 Å². The molecule has 0 aliphatic rings. The van der Waals surface area contributed by atoms with Crippen molar-refractivity contribution in [3.8, 4) is 11.5 Å². The number of carbonyl (C=O) groups excluding carboxylic acids is 3. The highest BCUT2D eigenvalue weighted by atomic mass is 35.5. The van der Waals surface area contributed by atoms with Gasteiger partial charge in [0.2, 0.25) is 5.75 Å². The summed E-state index contributed by atoms with van der Waals surface area (Å²) in [4.78, 5) is 41.4. The number of ether oxygens (including phenoxy) is 3. The van der Waals surface area contributed by atoms with Crippen molar-refractivity contribution in [3.05, 3.63) is 87.7 Å². The second-order valence-corrected chi connectivity index (χ2v) is 9.41. The number of hydrogen-bond acceptors (Lipinski definition) is 7. The van der Waals surface area contributed by atoms with Crippen LogP contribution in [0.4, 0.5) is 0 Å². The summed E-state index contributed by atoms with van der Waals surface area (Å²) in [6.45, 7) is 4.48. The molecule has 3 aromatic rings. The minimum absolute atomic E-state index is 0.139. The highest BCUT2D eigenvalue weighted by Gasteiger charge is 2.28. The zero-order valence-corrected chi connectivity index (χ0v) is 22.9. The predicted octanol–water partition coefficient (Wildman–Crippen LogP) is 5.40. The maximum absolute atomic E-state index is 13.0. The van der Waals surface area contributed by atoms with Gasteiger partial charge in [0.25, 0.3) is 5.91 Å². The average Bonchev–Trinajstić information content (AvgIpc) is 2.89. The summed E-state index contributed by atoms with van der Waals surface area (Å²) in [5.41, 5.74) is 1.70. The molecule has 0 saturated heterocycles. The van der Waals surface area contributed by atoms with Crippen LogP contribution in [0.2, 0.25) is 10.0 Å². The Balaban J connectivity index is 1.75. The number of halogens is 2. The van der Waals surface area contributed by atoms with Gasteiger partial charge in [-0.05, 0) is 43.5 Å². The molecule has 1 N–H and O–H groups in total. The van der Waals surface area contributed by atoms with E-state index in [1.165, 1.54) is 33.2 Å². The minimum atomic E-state index is -1.02. The summed E-state index contributed by atoms with van der Waals surface area (Å²) in [6, 6.07) is 15.5. The molecule has 0 aliphatic carbocycles. The van der Waals surface area contributed by atoms with Crippen molar-refractivity contribution in [1.82, 2.24) is 10.3 Å². The van der Waals surface area contributed by atoms with Crippen molar-refractivity contribution in [2.24, 2.45) is 0 Å². The van der Waals surface area contributed by atoms with Gasteiger partial charge >= 0.3 is 11.9 Å². The molecular weight excluding hydrogens is 531 g/mol. The van der Waals surface area contributed by atoms with Crippen LogP contribution < -0.4 is 14.8 Å². The molecule has 1 aromatic heterocycles. The molecule has 200 valence electrons. The number of nitrogens with zero attached hydrogens (tertiary/aromatic N) is 1. The molecule has 1 heterocycles. The largest absolute Gasteiger partial charge is 0.493 e. The van der Waals surface area contributed by atoms with Gasteiger partial charge in [-0.2, -0.15) is 0 Å². The lowest BCUT2D eigenvalue weighted by atomic mass is 9.88. The second-order valence-electron chi connectivity index (χ2n) is 8.59. The van der Waals surface area contributed by atoms with Gasteiger partial charge in [0, 0.05) is 25.1 Å². The Morgan fingerprint density at radius 1 is 1.00 bits per heavy atom. The van der Waals surface area contributed by atoms with Crippen molar-refractivity contribution in [2.45, 2.75) is 45.3 Å². The molecule has 1 amide bonds. The Labute approximate surface area is 231 Å². The number of pyridine rings is 1. The normalized spacial score (nSPS) is 13.1. The van der Waals surface area contributed by atoms with Gasteiger partial charge in [-0.1, -0.05) is 59.6 Å². The van der Waals surface area contributed by atoms with Gasteiger partial charge in [-0.3, -0.25) is 9.59 Å². The molecule has 0 unspecified atom stereocenters. The molecule has 38 heavy (non-hydrogen) atoms. The van der Waals surface area contributed by atoms with E-state index in [1.54, 1.807) is 19.1 Å². The van der Waals surface area contributed by atoms with E-state index in [2.05, 4.69) is 10.3 Å². The van der Waals surface area contributed by atoms with E-state index in [0.717, 1.165) is 11.1 Å². The molecule has 0 bridgehead atoms. The summed E-state index contributed by atoms with van der Waals surface area (Å²) < 4.78 is 16.1. The minimum Gasteiger partial charge on any atom is -0.493 e. The zero-order chi connectivity index (χ0) is 27.8. The number of amides is 1. The van der Waals surface area contributed by atoms with Crippen LogP contribution in [0, 0.1) is 0 Å².